The second-order valence-corrected chi connectivity index (χ2v) is 4.16. The number of anilines is 1. The summed E-state index contributed by atoms with van der Waals surface area (Å²) in [6.07, 6.45) is 0. The molecule has 0 spiro atoms. The van der Waals surface area contributed by atoms with Gasteiger partial charge in [0.15, 0.2) is 0 Å². The molecule has 5 heteroatoms. The molecule has 100 valence electrons. The van der Waals surface area contributed by atoms with Crippen LogP contribution in [0.4, 0.5) is 5.69 Å². The highest BCUT2D eigenvalue weighted by Crippen LogP contribution is 2.22. The van der Waals surface area contributed by atoms with Crippen molar-refractivity contribution in [2.75, 3.05) is 32.7 Å². The largest absolute Gasteiger partial charge is 0.497 e. The van der Waals surface area contributed by atoms with Gasteiger partial charge in [0.05, 0.1) is 25.0 Å². The molecular formula is C13H19NO4. The fraction of sp³-hybridized carbons (Fsp3) is 0.462. The predicted molar refractivity (Wildman–Crippen MR) is 69.5 cm³/mol. The average Bonchev–Trinajstić information content (AvgIpc) is 2.36. The number of carboxylic acid groups (broad SMARTS) is 1. The number of nitrogens with one attached hydrogen (secondary N) is 1. The number of carboxylic acids is 1. The number of hydrogen-bond donors (Lipinski definition) is 2. The SMILES string of the molecule is COCC(C)CNc1cc(OC)ccc1C(=O)O. The Hall–Kier alpha value is -1.75. The summed E-state index contributed by atoms with van der Waals surface area (Å²) in [6.45, 7) is 3.29. The van der Waals surface area contributed by atoms with Crippen molar-refractivity contribution in [2.24, 2.45) is 5.92 Å². The number of carbonyl (C=O) groups is 1. The van der Waals surface area contributed by atoms with Crippen molar-refractivity contribution < 1.29 is 19.4 Å². The lowest BCUT2D eigenvalue weighted by Gasteiger charge is -2.15. The molecule has 0 aliphatic rings. The maximum absolute atomic E-state index is 11.1. The zero-order valence-electron chi connectivity index (χ0n) is 10.9. The van der Waals surface area contributed by atoms with Crippen molar-refractivity contribution in [3.8, 4) is 5.75 Å². The fourth-order valence-electron chi connectivity index (χ4n) is 1.61. The smallest absolute Gasteiger partial charge is 0.337 e. The number of rotatable bonds is 7. The summed E-state index contributed by atoms with van der Waals surface area (Å²) in [5, 5.41) is 12.2. The Morgan fingerprint density at radius 2 is 2.17 bits per heavy atom. The second kappa shape index (κ2) is 6.86. The number of hydrogen-bond acceptors (Lipinski definition) is 4. The summed E-state index contributed by atoms with van der Waals surface area (Å²) in [5.74, 6) is -0.0377. The van der Waals surface area contributed by atoms with E-state index in [2.05, 4.69) is 5.32 Å². The lowest BCUT2D eigenvalue weighted by molar-refractivity contribution is 0.0698. The topological polar surface area (TPSA) is 67.8 Å². The highest BCUT2D eigenvalue weighted by Gasteiger charge is 2.11. The molecule has 2 N–H and O–H groups in total. The van der Waals surface area contributed by atoms with E-state index in [0.29, 0.717) is 30.5 Å². The molecule has 0 saturated heterocycles. The standard InChI is InChI=1S/C13H19NO4/c1-9(8-17-2)7-14-12-6-10(18-3)4-5-11(12)13(15)16/h4-6,9,14H,7-8H2,1-3H3,(H,15,16). The molecule has 0 heterocycles. The first-order valence-corrected chi connectivity index (χ1v) is 5.72. The van der Waals surface area contributed by atoms with Crippen molar-refractivity contribution in [3.63, 3.8) is 0 Å². The van der Waals surface area contributed by atoms with Gasteiger partial charge in [0.2, 0.25) is 0 Å². The van der Waals surface area contributed by atoms with Crippen LogP contribution in [0.15, 0.2) is 18.2 Å². The van der Waals surface area contributed by atoms with Crippen LogP contribution in [0.2, 0.25) is 0 Å². The molecule has 1 aromatic carbocycles. The lowest BCUT2D eigenvalue weighted by Crippen LogP contribution is -2.17. The van der Waals surface area contributed by atoms with Gasteiger partial charge in [-0.15, -0.1) is 0 Å². The molecule has 0 amide bonds. The summed E-state index contributed by atoms with van der Waals surface area (Å²) in [7, 11) is 3.19. The molecule has 0 fully saturated rings. The summed E-state index contributed by atoms with van der Waals surface area (Å²) >= 11 is 0. The monoisotopic (exact) mass is 253 g/mol. The van der Waals surface area contributed by atoms with Crippen LogP contribution in [0, 0.1) is 5.92 Å². The molecule has 0 radical (unpaired) electrons. The van der Waals surface area contributed by atoms with Crippen molar-refractivity contribution in [1.82, 2.24) is 0 Å². The Bertz CT molecular complexity index is 406. The number of methoxy groups -OCH3 is 2. The maximum atomic E-state index is 11.1. The van der Waals surface area contributed by atoms with Crippen LogP contribution >= 0.6 is 0 Å². The second-order valence-electron chi connectivity index (χ2n) is 4.16. The quantitative estimate of drug-likeness (QED) is 0.778. The molecule has 1 atom stereocenters. The van der Waals surface area contributed by atoms with E-state index < -0.39 is 5.97 Å². The molecule has 18 heavy (non-hydrogen) atoms. The van der Waals surface area contributed by atoms with Crippen LogP contribution in [0.25, 0.3) is 0 Å². The molecule has 0 saturated carbocycles. The van der Waals surface area contributed by atoms with Gasteiger partial charge < -0.3 is 19.9 Å². The van der Waals surface area contributed by atoms with Gasteiger partial charge in [0, 0.05) is 19.7 Å². The summed E-state index contributed by atoms with van der Waals surface area (Å²) in [4.78, 5) is 11.1. The normalized spacial score (nSPS) is 11.9. The molecule has 5 nitrogen and oxygen atoms in total. The number of benzene rings is 1. The number of aromatic carboxylic acids is 1. The third-order valence-corrected chi connectivity index (χ3v) is 2.55. The van der Waals surface area contributed by atoms with E-state index in [9.17, 15) is 4.79 Å². The molecule has 0 aliphatic carbocycles. The van der Waals surface area contributed by atoms with Gasteiger partial charge in [-0.2, -0.15) is 0 Å². The molecule has 1 unspecified atom stereocenters. The van der Waals surface area contributed by atoms with E-state index in [1.54, 1.807) is 26.4 Å². The number of ether oxygens (including phenoxy) is 2. The maximum Gasteiger partial charge on any atom is 0.337 e. The van der Waals surface area contributed by atoms with Crippen LogP contribution < -0.4 is 10.1 Å². The van der Waals surface area contributed by atoms with Gasteiger partial charge in [0.25, 0.3) is 0 Å². The van der Waals surface area contributed by atoms with Crippen molar-refractivity contribution in [1.29, 1.82) is 0 Å². The van der Waals surface area contributed by atoms with Crippen LogP contribution in [0.5, 0.6) is 5.75 Å². The van der Waals surface area contributed by atoms with Crippen molar-refractivity contribution >= 4 is 11.7 Å². The van der Waals surface area contributed by atoms with Gasteiger partial charge in [-0.25, -0.2) is 4.79 Å². The van der Waals surface area contributed by atoms with E-state index in [1.165, 1.54) is 6.07 Å². The van der Waals surface area contributed by atoms with Crippen LogP contribution in [0.1, 0.15) is 17.3 Å². The zero-order chi connectivity index (χ0) is 13.5. The first-order chi connectivity index (χ1) is 8.58. The Morgan fingerprint density at radius 1 is 1.44 bits per heavy atom. The van der Waals surface area contributed by atoms with Gasteiger partial charge >= 0.3 is 5.97 Å². The van der Waals surface area contributed by atoms with E-state index in [0.717, 1.165) is 0 Å². The Balaban J connectivity index is 2.80. The molecule has 0 aliphatic heterocycles. The van der Waals surface area contributed by atoms with Crippen LogP contribution in [0.3, 0.4) is 0 Å². The summed E-state index contributed by atoms with van der Waals surface area (Å²) < 4.78 is 10.1. The van der Waals surface area contributed by atoms with Crippen molar-refractivity contribution in [3.05, 3.63) is 23.8 Å². The fourth-order valence-corrected chi connectivity index (χ4v) is 1.61. The van der Waals surface area contributed by atoms with Crippen LogP contribution in [-0.2, 0) is 4.74 Å². The molecule has 1 rings (SSSR count). The molecule has 0 bridgehead atoms. The van der Waals surface area contributed by atoms with Gasteiger partial charge in [-0.05, 0) is 18.1 Å². The van der Waals surface area contributed by atoms with E-state index in [4.69, 9.17) is 14.6 Å². The predicted octanol–water partition coefficient (Wildman–Crippen LogP) is 2.09. The molecular weight excluding hydrogens is 234 g/mol. The minimum absolute atomic E-state index is 0.236. The summed E-state index contributed by atoms with van der Waals surface area (Å²) in [6, 6.07) is 4.85. The van der Waals surface area contributed by atoms with E-state index in [-0.39, 0.29) is 5.56 Å². The minimum Gasteiger partial charge on any atom is -0.497 e. The Labute approximate surface area is 107 Å². The minimum atomic E-state index is -0.959. The van der Waals surface area contributed by atoms with Gasteiger partial charge in [-0.1, -0.05) is 6.92 Å². The third kappa shape index (κ3) is 3.92. The van der Waals surface area contributed by atoms with E-state index >= 15 is 0 Å². The van der Waals surface area contributed by atoms with E-state index in [1.807, 2.05) is 6.92 Å². The lowest BCUT2D eigenvalue weighted by atomic mass is 10.1. The molecule has 0 aromatic heterocycles. The average molecular weight is 253 g/mol. The molecule has 1 aromatic rings. The Morgan fingerprint density at radius 3 is 2.72 bits per heavy atom. The highest BCUT2D eigenvalue weighted by atomic mass is 16.5. The van der Waals surface area contributed by atoms with Crippen LogP contribution in [-0.4, -0.2) is 38.4 Å². The van der Waals surface area contributed by atoms with Gasteiger partial charge in [0.1, 0.15) is 5.75 Å². The first kappa shape index (κ1) is 14.3. The summed E-state index contributed by atoms with van der Waals surface area (Å²) in [5.41, 5.74) is 0.796. The Kier molecular flexibility index (Phi) is 5.45. The third-order valence-electron chi connectivity index (χ3n) is 2.55. The first-order valence-electron chi connectivity index (χ1n) is 5.72. The van der Waals surface area contributed by atoms with Crippen molar-refractivity contribution in [2.45, 2.75) is 6.92 Å². The highest BCUT2D eigenvalue weighted by molar-refractivity contribution is 5.94. The zero-order valence-corrected chi connectivity index (χ0v) is 10.9. The van der Waals surface area contributed by atoms with Gasteiger partial charge in [-0.3, -0.25) is 0 Å².